The van der Waals surface area contributed by atoms with E-state index in [0.29, 0.717) is 6.61 Å². The van der Waals surface area contributed by atoms with E-state index in [-0.39, 0.29) is 23.9 Å². The molecule has 6 nitrogen and oxygen atoms in total. The van der Waals surface area contributed by atoms with Gasteiger partial charge < -0.3 is 28.5 Å². The summed E-state index contributed by atoms with van der Waals surface area (Å²) in [6, 6.07) is 0. The minimum absolute atomic E-state index is 0.121. The fourth-order valence-electron chi connectivity index (χ4n) is 3.06. The van der Waals surface area contributed by atoms with Gasteiger partial charge in [-0.15, -0.1) is 0 Å². The zero-order valence-corrected chi connectivity index (χ0v) is 18.2. The number of rotatable bonds is 5. The third-order valence-electron chi connectivity index (χ3n) is 5.36. The summed E-state index contributed by atoms with van der Waals surface area (Å²) in [7, 11) is -1.90. The van der Waals surface area contributed by atoms with Crippen LogP contribution in [0.4, 0.5) is 0 Å². The van der Waals surface area contributed by atoms with Crippen LogP contribution < -0.4 is 0 Å². The van der Waals surface area contributed by atoms with Gasteiger partial charge in [-0.1, -0.05) is 20.8 Å². The molecule has 0 saturated carbocycles. The summed E-state index contributed by atoms with van der Waals surface area (Å²) in [5.41, 5.74) is 0. The van der Waals surface area contributed by atoms with Crippen LogP contribution >= 0.6 is 0 Å². The second-order valence-corrected chi connectivity index (χ2v) is 14.3. The van der Waals surface area contributed by atoms with Gasteiger partial charge in [0.1, 0.15) is 24.4 Å². The molecule has 2 aliphatic rings. The van der Waals surface area contributed by atoms with E-state index in [4.69, 9.17) is 23.4 Å². The van der Waals surface area contributed by atoms with Crippen molar-refractivity contribution in [3.8, 4) is 0 Å². The third-order valence-corrected chi connectivity index (χ3v) is 9.86. The average Bonchev–Trinajstić information content (AvgIpc) is 2.90. The zero-order chi connectivity index (χ0) is 19.3. The molecule has 25 heavy (non-hydrogen) atoms. The number of aliphatic hydroxyl groups is 1. The normalized spacial score (nSPS) is 35.3. The van der Waals surface area contributed by atoms with Gasteiger partial charge in [-0.3, -0.25) is 0 Å². The van der Waals surface area contributed by atoms with Crippen LogP contribution in [0.25, 0.3) is 0 Å². The minimum Gasteiger partial charge on any atom is -0.414 e. The molecule has 0 radical (unpaired) electrons. The standard InChI is InChI=1S/C18H36O6Si/c1-16(2,3)25(8,9)20-11-13-15(24-18(6,7)22-13)14-12(10-19)21-17(4,5)23-14/h12-15,19H,10-11H2,1-9H3/t12-,13+,14+,15-/m0/s1. The van der Waals surface area contributed by atoms with Crippen molar-refractivity contribution in [3.05, 3.63) is 0 Å². The van der Waals surface area contributed by atoms with Gasteiger partial charge >= 0.3 is 0 Å². The van der Waals surface area contributed by atoms with Crippen molar-refractivity contribution in [2.75, 3.05) is 13.2 Å². The van der Waals surface area contributed by atoms with Crippen molar-refractivity contribution in [2.45, 2.75) is 103 Å². The van der Waals surface area contributed by atoms with Gasteiger partial charge in [0.05, 0.1) is 13.2 Å². The minimum atomic E-state index is -1.90. The predicted octanol–water partition coefficient (Wildman–Crippen LogP) is 3.04. The van der Waals surface area contributed by atoms with E-state index in [0.717, 1.165) is 0 Å². The molecule has 4 atom stereocenters. The Morgan fingerprint density at radius 3 is 1.76 bits per heavy atom. The largest absolute Gasteiger partial charge is 0.414 e. The molecule has 2 fully saturated rings. The quantitative estimate of drug-likeness (QED) is 0.744. The van der Waals surface area contributed by atoms with Crippen LogP contribution in [0.15, 0.2) is 0 Å². The van der Waals surface area contributed by atoms with Gasteiger partial charge in [0.2, 0.25) is 0 Å². The van der Waals surface area contributed by atoms with Crippen LogP contribution in [0, 0.1) is 0 Å². The molecule has 0 aromatic heterocycles. The Morgan fingerprint density at radius 1 is 0.880 bits per heavy atom. The van der Waals surface area contributed by atoms with E-state index >= 15 is 0 Å². The van der Waals surface area contributed by atoms with Gasteiger partial charge in [-0.2, -0.15) is 0 Å². The van der Waals surface area contributed by atoms with E-state index in [1.165, 1.54) is 0 Å². The number of aliphatic hydroxyl groups excluding tert-OH is 1. The molecular weight excluding hydrogens is 340 g/mol. The van der Waals surface area contributed by atoms with Gasteiger partial charge in [0.25, 0.3) is 0 Å². The Hall–Kier alpha value is -0.0231. The van der Waals surface area contributed by atoms with Gasteiger partial charge in [0.15, 0.2) is 19.9 Å². The molecule has 0 bridgehead atoms. The molecule has 0 aromatic carbocycles. The summed E-state index contributed by atoms with van der Waals surface area (Å²) in [6.07, 6.45) is -1.44. The molecule has 0 aliphatic carbocycles. The second kappa shape index (κ2) is 6.85. The molecule has 2 heterocycles. The van der Waals surface area contributed by atoms with Crippen LogP contribution in [-0.4, -0.2) is 62.6 Å². The molecule has 2 saturated heterocycles. The first-order valence-electron chi connectivity index (χ1n) is 9.13. The van der Waals surface area contributed by atoms with Crippen molar-refractivity contribution < 1.29 is 28.5 Å². The van der Waals surface area contributed by atoms with Crippen molar-refractivity contribution >= 4 is 8.32 Å². The third kappa shape index (κ3) is 4.83. The van der Waals surface area contributed by atoms with E-state index in [1.54, 1.807) is 0 Å². The molecule has 0 amide bonds. The highest BCUT2D eigenvalue weighted by Gasteiger charge is 2.54. The first kappa shape index (κ1) is 21.3. The van der Waals surface area contributed by atoms with E-state index in [9.17, 15) is 5.11 Å². The van der Waals surface area contributed by atoms with E-state index < -0.39 is 32.1 Å². The Kier molecular flexibility index (Phi) is 5.83. The monoisotopic (exact) mass is 376 g/mol. The molecule has 0 spiro atoms. The average molecular weight is 377 g/mol. The zero-order valence-electron chi connectivity index (χ0n) is 17.2. The molecule has 2 aliphatic heterocycles. The van der Waals surface area contributed by atoms with Crippen molar-refractivity contribution in [3.63, 3.8) is 0 Å². The van der Waals surface area contributed by atoms with Gasteiger partial charge in [-0.05, 0) is 45.8 Å². The van der Waals surface area contributed by atoms with Crippen LogP contribution in [0.3, 0.4) is 0 Å². The van der Waals surface area contributed by atoms with Crippen LogP contribution in [0.5, 0.6) is 0 Å². The molecule has 148 valence electrons. The van der Waals surface area contributed by atoms with Crippen molar-refractivity contribution in [1.82, 2.24) is 0 Å². The topological polar surface area (TPSA) is 66.4 Å². The maximum atomic E-state index is 9.69. The fourth-order valence-corrected chi connectivity index (χ4v) is 4.07. The second-order valence-electron chi connectivity index (χ2n) is 9.53. The van der Waals surface area contributed by atoms with Gasteiger partial charge in [0, 0.05) is 0 Å². The van der Waals surface area contributed by atoms with Gasteiger partial charge in [-0.25, -0.2) is 0 Å². The summed E-state index contributed by atoms with van der Waals surface area (Å²) in [6.45, 7) is 18.9. The summed E-state index contributed by atoms with van der Waals surface area (Å²) in [5, 5.41) is 9.81. The summed E-state index contributed by atoms with van der Waals surface area (Å²) in [4.78, 5) is 0. The first-order chi connectivity index (χ1) is 11.2. The molecule has 7 heteroatoms. The lowest BCUT2D eigenvalue weighted by Gasteiger charge is -2.37. The van der Waals surface area contributed by atoms with Crippen molar-refractivity contribution in [1.29, 1.82) is 0 Å². The number of hydrogen-bond acceptors (Lipinski definition) is 6. The highest BCUT2D eigenvalue weighted by atomic mass is 28.4. The smallest absolute Gasteiger partial charge is 0.192 e. The number of hydrogen-bond donors (Lipinski definition) is 1. The lowest BCUT2D eigenvalue weighted by molar-refractivity contribution is -0.175. The maximum absolute atomic E-state index is 9.69. The molecule has 2 rings (SSSR count). The van der Waals surface area contributed by atoms with Crippen LogP contribution in [0.1, 0.15) is 48.5 Å². The highest BCUT2D eigenvalue weighted by molar-refractivity contribution is 6.74. The highest BCUT2D eigenvalue weighted by Crippen LogP contribution is 2.40. The SMILES string of the molecule is CC1(C)O[C@@H]([C@H]2OC(C)(C)O[C@@H]2CO[Si](C)(C)C(C)(C)C)[C@H](CO)O1. The summed E-state index contributed by atoms with van der Waals surface area (Å²) < 4.78 is 30.4. The molecule has 0 unspecified atom stereocenters. The van der Waals surface area contributed by atoms with Crippen LogP contribution in [0.2, 0.25) is 18.1 Å². The molecule has 0 aromatic rings. The molecular formula is C18H36O6Si. The van der Waals surface area contributed by atoms with E-state index in [1.807, 2.05) is 27.7 Å². The predicted molar refractivity (Wildman–Crippen MR) is 97.9 cm³/mol. The van der Waals surface area contributed by atoms with Crippen LogP contribution in [-0.2, 0) is 23.4 Å². The van der Waals surface area contributed by atoms with E-state index in [2.05, 4.69) is 33.9 Å². The summed E-state index contributed by atoms with van der Waals surface area (Å²) in [5.74, 6) is -1.47. The lowest BCUT2D eigenvalue weighted by Crippen LogP contribution is -2.48. The maximum Gasteiger partial charge on any atom is 0.192 e. The molecule has 1 N–H and O–H groups in total. The fraction of sp³-hybridized carbons (Fsp3) is 1.00. The Bertz CT molecular complexity index is 471. The first-order valence-corrected chi connectivity index (χ1v) is 12.0. The lowest BCUT2D eigenvalue weighted by atomic mass is 10.0. The Morgan fingerprint density at radius 2 is 1.32 bits per heavy atom. The Labute approximate surface area is 153 Å². The summed E-state index contributed by atoms with van der Waals surface area (Å²) >= 11 is 0. The van der Waals surface area contributed by atoms with Crippen molar-refractivity contribution in [2.24, 2.45) is 0 Å². The number of ether oxygens (including phenoxy) is 4. The Balaban J connectivity index is 2.13.